The molecule has 0 unspecified atom stereocenters. The van der Waals surface area contributed by atoms with Crippen LogP contribution in [0.5, 0.6) is 0 Å². The third-order valence-corrected chi connectivity index (χ3v) is 8.29. The van der Waals surface area contributed by atoms with Crippen molar-refractivity contribution in [3.8, 4) is 0 Å². The summed E-state index contributed by atoms with van der Waals surface area (Å²) < 4.78 is 1.17. The summed E-state index contributed by atoms with van der Waals surface area (Å²) in [6.07, 6.45) is 0. The minimum atomic E-state index is -0.609. The molecule has 148 valence electrons. The molecule has 0 radical (unpaired) electrons. The van der Waals surface area contributed by atoms with Crippen LogP contribution in [0.4, 0.5) is 0 Å². The van der Waals surface area contributed by atoms with Crippen LogP contribution in [0.3, 0.4) is 0 Å². The van der Waals surface area contributed by atoms with Crippen LogP contribution in [0.2, 0.25) is 4.31 Å². The van der Waals surface area contributed by atoms with Gasteiger partial charge in [0.15, 0.2) is 0 Å². The van der Waals surface area contributed by atoms with Crippen LogP contribution in [0, 0.1) is 11.8 Å². The quantitative estimate of drug-likeness (QED) is 0.399. The average Bonchev–Trinajstić information content (AvgIpc) is 3.01. The normalized spacial score (nSPS) is 20.5. The molecule has 0 aromatic heterocycles. The Balaban J connectivity index is 1.98. The Morgan fingerprint density at radius 2 is 1.46 bits per heavy atom. The fourth-order valence-corrected chi connectivity index (χ4v) is 6.55. The summed E-state index contributed by atoms with van der Waals surface area (Å²) in [6, 6.07) is 19.7. The summed E-state index contributed by atoms with van der Waals surface area (Å²) >= 11 is 0.155. The van der Waals surface area contributed by atoms with E-state index in [9.17, 15) is 9.59 Å². The van der Waals surface area contributed by atoms with Gasteiger partial charge in [0, 0.05) is 0 Å². The van der Waals surface area contributed by atoms with E-state index >= 15 is 0 Å². The minimum absolute atomic E-state index is 0.00728. The molecule has 0 saturated carbocycles. The van der Waals surface area contributed by atoms with E-state index < -0.39 is 5.92 Å². The van der Waals surface area contributed by atoms with Crippen molar-refractivity contribution in [3.05, 3.63) is 66.2 Å². The number of rotatable bonds is 5. The summed E-state index contributed by atoms with van der Waals surface area (Å²) in [5.74, 6) is -0.683. The Morgan fingerprint density at radius 1 is 0.929 bits per heavy atom. The first kappa shape index (κ1) is 20.8. The molecule has 3 nitrogen and oxygen atoms in total. The molecule has 28 heavy (non-hydrogen) atoms. The zero-order valence-electron chi connectivity index (χ0n) is 17.3. The molecule has 1 aliphatic heterocycles. The Labute approximate surface area is 174 Å². The number of likely N-dealkylation sites (tertiary alicyclic amines) is 1. The van der Waals surface area contributed by atoms with Gasteiger partial charge >= 0.3 is 175 Å². The summed E-state index contributed by atoms with van der Waals surface area (Å²) in [5, 5.41) is 0. The van der Waals surface area contributed by atoms with Crippen LogP contribution in [-0.2, 0) is 4.79 Å². The number of carbonyl (C=O) groups excluding carboxylic acids is 2. The van der Waals surface area contributed by atoms with Crippen LogP contribution in [0.15, 0.2) is 60.7 Å². The predicted octanol–water partition coefficient (Wildman–Crippen LogP) is 3.97. The second kappa shape index (κ2) is 7.85. The molecular formula is C24H29NO2Se. The molecule has 0 N–H and O–H groups in total. The molecule has 0 spiro atoms. The number of Topliss-reactive ketones (excluding diaryl/α,β-unsaturated/α-hetero) is 1. The van der Waals surface area contributed by atoms with Gasteiger partial charge in [-0.3, -0.25) is 0 Å². The predicted molar refractivity (Wildman–Crippen MR) is 115 cm³/mol. The fourth-order valence-electron chi connectivity index (χ4n) is 3.90. The molecule has 2 atom stereocenters. The molecule has 3 rings (SSSR count). The van der Waals surface area contributed by atoms with E-state index in [2.05, 4.69) is 38.1 Å². The van der Waals surface area contributed by atoms with E-state index in [1.54, 1.807) is 0 Å². The van der Waals surface area contributed by atoms with Crippen molar-refractivity contribution in [2.24, 2.45) is 11.8 Å². The standard InChI is InChI=1S/C24H29NO2Se/c1-23(2,3)25-16-19(24(4,5)28-18-14-10-7-11-15-18)20(22(25)27)21(26)17-12-8-6-9-13-17/h6-15,19-20H,16H2,1-5H3/t19-,20-/m0/s1. The van der Waals surface area contributed by atoms with Crippen LogP contribution in [0.1, 0.15) is 45.0 Å². The number of amides is 1. The monoisotopic (exact) mass is 443 g/mol. The van der Waals surface area contributed by atoms with Crippen molar-refractivity contribution in [1.82, 2.24) is 4.90 Å². The maximum absolute atomic E-state index is 13.4. The number of hydrogen-bond donors (Lipinski definition) is 0. The number of hydrogen-bond acceptors (Lipinski definition) is 2. The van der Waals surface area contributed by atoms with E-state index in [0.29, 0.717) is 12.1 Å². The maximum atomic E-state index is 13.4. The van der Waals surface area contributed by atoms with Gasteiger partial charge in [-0.15, -0.1) is 0 Å². The van der Waals surface area contributed by atoms with Gasteiger partial charge in [0.05, 0.1) is 0 Å². The van der Waals surface area contributed by atoms with Gasteiger partial charge in [-0.25, -0.2) is 0 Å². The van der Waals surface area contributed by atoms with Crippen molar-refractivity contribution < 1.29 is 9.59 Å². The Bertz CT molecular complexity index is 840. The fraction of sp³-hybridized carbons (Fsp3) is 0.417. The van der Waals surface area contributed by atoms with Crippen molar-refractivity contribution >= 4 is 31.1 Å². The van der Waals surface area contributed by atoms with Gasteiger partial charge in [-0.2, -0.15) is 0 Å². The van der Waals surface area contributed by atoms with Crippen LogP contribution in [0.25, 0.3) is 0 Å². The summed E-state index contributed by atoms with van der Waals surface area (Å²) in [6.45, 7) is 11.2. The van der Waals surface area contributed by atoms with Crippen LogP contribution >= 0.6 is 0 Å². The average molecular weight is 442 g/mol. The van der Waals surface area contributed by atoms with E-state index in [1.165, 1.54) is 4.46 Å². The number of benzene rings is 2. The van der Waals surface area contributed by atoms with E-state index in [1.807, 2.05) is 62.1 Å². The molecule has 2 aromatic rings. The van der Waals surface area contributed by atoms with Gasteiger partial charge in [0.2, 0.25) is 0 Å². The molecule has 2 aromatic carbocycles. The zero-order chi connectivity index (χ0) is 20.5. The number of ketones is 1. The van der Waals surface area contributed by atoms with E-state index in [-0.39, 0.29) is 42.4 Å². The summed E-state index contributed by atoms with van der Waals surface area (Å²) in [7, 11) is 0. The first-order valence-electron chi connectivity index (χ1n) is 9.76. The second-order valence-corrected chi connectivity index (χ2v) is 12.6. The SMILES string of the molecule is CC(C)([Se]c1ccccc1)[C@H]1CN(C(C)(C)C)C(=O)[C@@H]1C(=O)c1ccccc1. The van der Waals surface area contributed by atoms with Gasteiger partial charge in [-0.05, 0) is 0 Å². The number of carbonyl (C=O) groups is 2. The Hall–Kier alpha value is -1.90. The summed E-state index contributed by atoms with van der Waals surface area (Å²) in [4.78, 5) is 28.7. The molecular weight excluding hydrogens is 413 g/mol. The first-order chi connectivity index (χ1) is 13.1. The number of nitrogens with zero attached hydrogens (tertiary/aromatic N) is 1. The first-order valence-corrected chi connectivity index (χ1v) is 11.5. The van der Waals surface area contributed by atoms with Crippen LogP contribution in [-0.4, -0.2) is 43.6 Å². The van der Waals surface area contributed by atoms with E-state index in [0.717, 1.165) is 0 Å². The van der Waals surface area contributed by atoms with Crippen molar-refractivity contribution in [2.45, 2.75) is 44.5 Å². The van der Waals surface area contributed by atoms with Gasteiger partial charge < -0.3 is 0 Å². The third kappa shape index (κ3) is 4.24. The van der Waals surface area contributed by atoms with Gasteiger partial charge in [-0.1, -0.05) is 0 Å². The molecule has 4 heteroatoms. The molecule has 0 aliphatic carbocycles. The van der Waals surface area contributed by atoms with Gasteiger partial charge in [0.1, 0.15) is 0 Å². The Morgan fingerprint density at radius 3 is 2.00 bits per heavy atom. The zero-order valence-corrected chi connectivity index (χ0v) is 19.0. The molecule has 1 amide bonds. The summed E-state index contributed by atoms with van der Waals surface area (Å²) in [5.41, 5.74) is 0.335. The Kier molecular flexibility index (Phi) is 5.84. The molecule has 1 fully saturated rings. The van der Waals surface area contributed by atoms with Crippen LogP contribution < -0.4 is 4.46 Å². The van der Waals surface area contributed by atoms with Crippen molar-refractivity contribution in [2.75, 3.05) is 6.54 Å². The molecule has 1 saturated heterocycles. The third-order valence-electron chi connectivity index (χ3n) is 5.48. The van der Waals surface area contributed by atoms with Gasteiger partial charge in [0.25, 0.3) is 0 Å². The molecule has 1 heterocycles. The molecule has 1 aliphatic rings. The second-order valence-electron chi connectivity index (χ2n) is 8.95. The topological polar surface area (TPSA) is 37.4 Å². The van der Waals surface area contributed by atoms with Crippen molar-refractivity contribution in [1.29, 1.82) is 0 Å². The van der Waals surface area contributed by atoms with Crippen molar-refractivity contribution in [3.63, 3.8) is 0 Å². The molecule has 0 bridgehead atoms. The van der Waals surface area contributed by atoms with E-state index in [4.69, 9.17) is 0 Å².